The summed E-state index contributed by atoms with van der Waals surface area (Å²) < 4.78 is 0. The zero-order chi connectivity index (χ0) is 19.7. The molecule has 0 aliphatic carbocycles. The number of anilines is 1. The quantitative estimate of drug-likeness (QED) is 0.837. The second-order valence-corrected chi connectivity index (χ2v) is 7.46. The van der Waals surface area contributed by atoms with Crippen LogP contribution >= 0.6 is 0 Å². The standard InChI is InChI=1S/C21H25N5O2/c22-19-16(20(23)27)12-15-13-26(11-8-17(15)24-19)21(28)18(25-9-4-5-10-25)14-6-2-1-3-7-14/h1-3,6-7,12,18H,4-5,8-11,13H2,(H2,22,24)(H2,23,27). The van der Waals surface area contributed by atoms with E-state index in [0.29, 0.717) is 19.5 Å². The molecule has 4 N–H and O–H groups in total. The van der Waals surface area contributed by atoms with Gasteiger partial charge in [0.25, 0.3) is 5.91 Å². The third-order valence-corrected chi connectivity index (χ3v) is 5.63. The lowest BCUT2D eigenvalue weighted by atomic mass is 9.99. The van der Waals surface area contributed by atoms with Gasteiger partial charge in [0.1, 0.15) is 11.9 Å². The highest BCUT2D eigenvalue weighted by Gasteiger charge is 2.34. The average molecular weight is 379 g/mol. The average Bonchev–Trinajstić information content (AvgIpc) is 3.22. The molecule has 0 saturated carbocycles. The topological polar surface area (TPSA) is 106 Å². The predicted octanol–water partition coefficient (Wildman–Crippen LogP) is 1.48. The number of rotatable bonds is 4. The number of primary amides is 1. The first kappa shape index (κ1) is 18.4. The van der Waals surface area contributed by atoms with Gasteiger partial charge in [0.15, 0.2) is 0 Å². The monoisotopic (exact) mass is 379 g/mol. The Bertz CT molecular complexity index is 893. The van der Waals surface area contributed by atoms with Gasteiger partial charge in [0.05, 0.1) is 5.56 Å². The Labute approximate surface area is 164 Å². The minimum Gasteiger partial charge on any atom is -0.383 e. The maximum Gasteiger partial charge on any atom is 0.252 e. The third kappa shape index (κ3) is 3.45. The number of nitrogens with two attached hydrogens (primary N) is 2. The molecular formula is C21H25N5O2. The smallest absolute Gasteiger partial charge is 0.252 e. The third-order valence-electron chi connectivity index (χ3n) is 5.63. The van der Waals surface area contributed by atoms with Crippen molar-refractivity contribution >= 4 is 17.6 Å². The molecule has 1 atom stereocenters. The molecule has 0 bridgehead atoms. The molecule has 2 aliphatic heterocycles. The normalized spacial score (nSPS) is 17.9. The van der Waals surface area contributed by atoms with Crippen molar-refractivity contribution in [3.05, 3.63) is 58.8 Å². The van der Waals surface area contributed by atoms with Gasteiger partial charge in [0.2, 0.25) is 5.91 Å². The summed E-state index contributed by atoms with van der Waals surface area (Å²) in [5.41, 5.74) is 14.2. The molecule has 4 rings (SSSR count). The summed E-state index contributed by atoms with van der Waals surface area (Å²) in [7, 11) is 0. The summed E-state index contributed by atoms with van der Waals surface area (Å²) in [4.78, 5) is 33.6. The van der Waals surface area contributed by atoms with Crippen molar-refractivity contribution in [2.24, 2.45) is 5.73 Å². The minimum absolute atomic E-state index is 0.0937. The van der Waals surface area contributed by atoms with E-state index in [0.717, 1.165) is 42.8 Å². The maximum absolute atomic E-state index is 13.5. The Morgan fingerprint density at radius 3 is 2.46 bits per heavy atom. The van der Waals surface area contributed by atoms with Gasteiger partial charge in [-0.05, 0) is 43.1 Å². The molecule has 1 unspecified atom stereocenters. The van der Waals surface area contributed by atoms with Gasteiger partial charge in [-0.25, -0.2) is 4.98 Å². The zero-order valence-corrected chi connectivity index (χ0v) is 15.8. The number of pyridine rings is 1. The molecule has 1 aromatic heterocycles. The van der Waals surface area contributed by atoms with E-state index >= 15 is 0 Å². The Morgan fingerprint density at radius 2 is 1.79 bits per heavy atom. The lowest BCUT2D eigenvalue weighted by molar-refractivity contribution is -0.138. The van der Waals surface area contributed by atoms with Crippen LogP contribution in [0.2, 0.25) is 0 Å². The van der Waals surface area contributed by atoms with Crippen molar-refractivity contribution in [3.8, 4) is 0 Å². The highest BCUT2D eigenvalue weighted by Crippen LogP contribution is 2.30. The Balaban J connectivity index is 1.62. The maximum atomic E-state index is 13.5. The number of benzene rings is 1. The fourth-order valence-corrected chi connectivity index (χ4v) is 4.19. The van der Waals surface area contributed by atoms with Crippen molar-refractivity contribution in [3.63, 3.8) is 0 Å². The summed E-state index contributed by atoms with van der Waals surface area (Å²) in [5, 5.41) is 0. The fourth-order valence-electron chi connectivity index (χ4n) is 4.19. The summed E-state index contributed by atoms with van der Waals surface area (Å²) in [6.45, 7) is 2.86. The van der Waals surface area contributed by atoms with Crippen molar-refractivity contribution < 1.29 is 9.59 Å². The van der Waals surface area contributed by atoms with Crippen LogP contribution in [0.4, 0.5) is 5.82 Å². The summed E-state index contributed by atoms with van der Waals surface area (Å²) in [5.74, 6) is -0.350. The Kier molecular flexibility index (Phi) is 5.00. The molecule has 7 heteroatoms. The molecule has 1 saturated heterocycles. The van der Waals surface area contributed by atoms with Gasteiger partial charge in [-0.2, -0.15) is 0 Å². The van der Waals surface area contributed by atoms with Gasteiger partial charge in [-0.3, -0.25) is 14.5 Å². The van der Waals surface area contributed by atoms with Crippen molar-refractivity contribution in [2.45, 2.75) is 31.8 Å². The fraction of sp³-hybridized carbons (Fsp3) is 0.381. The first-order valence-electron chi connectivity index (χ1n) is 9.70. The van der Waals surface area contributed by atoms with Crippen LogP contribution in [-0.4, -0.2) is 46.2 Å². The predicted molar refractivity (Wildman–Crippen MR) is 106 cm³/mol. The highest BCUT2D eigenvalue weighted by atomic mass is 16.2. The number of aromatic nitrogens is 1. The largest absolute Gasteiger partial charge is 0.383 e. The van der Waals surface area contributed by atoms with Crippen LogP contribution < -0.4 is 11.5 Å². The van der Waals surface area contributed by atoms with E-state index in [1.165, 1.54) is 0 Å². The van der Waals surface area contributed by atoms with Crippen LogP contribution in [0.3, 0.4) is 0 Å². The first-order chi connectivity index (χ1) is 13.5. The minimum atomic E-state index is -0.601. The lowest BCUT2D eigenvalue weighted by Gasteiger charge is -2.35. The first-order valence-corrected chi connectivity index (χ1v) is 9.70. The molecule has 7 nitrogen and oxygen atoms in total. The Morgan fingerprint density at radius 1 is 1.07 bits per heavy atom. The van der Waals surface area contributed by atoms with Gasteiger partial charge in [-0.15, -0.1) is 0 Å². The molecule has 28 heavy (non-hydrogen) atoms. The number of likely N-dealkylation sites (tertiary alicyclic amines) is 1. The van der Waals surface area contributed by atoms with E-state index in [4.69, 9.17) is 11.5 Å². The van der Waals surface area contributed by atoms with E-state index in [2.05, 4.69) is 9.88 Å². The van der Waals surface area contributed by atoms with Crippen molar-refractivity contribution in [1.82, 2.24) is 14.8 Å². The van der Waals surface area contributed by atoms with Crippen LogP contribution in [0, 0.1) is 0 Å². The summed E-state index contributed by atoms with van der Waals surface area (Å²) in [6.07, 6.45) is 2.85. The van der Waals surface area contributed by atoms with E-state index in [1.807, 2.05) is 35.2 Å². The lowest BCUT2D eigenvalue weighted by Crippen LogP contribution is -2.44. The van der Waals surface area contributed by atoms with E-state index < -0.39 is 5.91 Å². The number of carbonyl (C=O) groups is 2. The van der Waals surface area contributed by atoms with Crippen molar-refractivity contribution in [2.75, 3.05) is 25.4 Å². The molecule has 146 valence electrons. The number of nitrogen functional groups attached to an aromatic ring is 1. The van der Waals surface area contributed by atoms with E-state index in [-0.39, 0.29) is 23.3 Å². The van der Waals surface area contributed by atoms with Crippen LogP contribution in [0.5, 0.6) is 0 Å². The molecule has 0 radical (unpaired) electrons. The summed E-state index contributed by atoms with van der Waals surface area (Å²) in [6, 6.07) is 11.4. The summed E-state index contributed by atoms with van der Waals surface area (Å²) >= 11 is 0. The zero-order valence-electron chi connectivity index (χ0n) is 15.8. The number of hydrogen-bond acceptors (Lipinski definition) is 5. The molecule has 2 amide bonds. The molecule has 0 spiro atoms. The SMILES string of the molecule is NC(=O)c1cc2c(nc1N)CCN(C(=O)C(c1ccccc1)N1CCCC1)C2. The van der Waals surface area contributed by atoms with Crippen LogP contribution in [0.25, 0.3) is 0 Å². The van der Waals surface area contributed by atoms with Gasteiger partial charge in [-0.1, -0.05) is 30.3 Å². The molecule has 1 fully saturated rings. The van der Waals surface area contributed by atoms with E-state index in [1.54, 1.807) is 6.07 Å². The number of fused-ring (bicyclic) bond motifs is 1. The van der Waals surface area contributed by atoms with Crippen molar-refractivity contribution in [1.29, 1.82) is 0 Å². The number of amides is 2. The van der Waals surface area contributed by atoms with Gasteiger partial charge >= 0.3 is 0 Å². The molecule has 1 aromatic carbocycles. The van der Waals surface area contributed by atoms with Gasteiger partial charge < -0.3 is 16.4 Å². The highest BCUT2D eigenvalue weighted by molar-refractivity contribution is 5.97. The molecule has 2 aromatic rings. The van der Waals surface area contributed by atoms with Gasteiger partial charge in [0, 0.05) is 25.2 Å². The molecular weight excluding hydrogens is 354 g/mol. The second kappa shape index (κ2) is 7.59. The molecule has 3 heterocycles. The van der Waals surface area contributed by atoms with E-state index in [9.17, 15) is 9.59 Å². The van der Waals surface area contributed by atoms with Crippen LogP contribution in [0.1, 0.15) is 46.1 Å². The second-order valence-electron chi connectivity index (χ2n) is 7.46. The van der Waals surface area contributed by atoms with Crippen LogP contribution in [0.15, 0.2) is 36.4 Å². The Hall–Kier alpha value is -2.93. The number of nitrogens with zero attached hydrogens (tertiary/aromatic N) is 3. The number of hydrogen-bond donors (Lipinski definition) is 2. The molecule has 2 aliphatic rings. The number of carbonyl (C=O) groups excluding carboxylic acids is 2. The van der Waals surface area contributed by atoms with Crippen LogP contribution in [-0.2, 0) is 17.8 Å².